The number of likely N-dealkylation sites (tertiary alicyclic amines) is 1. The van der Waals surface area contributed by atoms with E-state index in [1.807, 2.05) is 0 Å². The molecule has 88 valence electrons. The van der Waals surface area contributed by atoms with Gasteiger partial charge in [0.05, 0.1) is 6.10 Å². The third kappa shape index (κ3) is 2.52. The minimum absolute atomic E-state index is 0.227. The molecule has 3 atom stereocenters. The second kappa shape index (κ2) is 5.28. The molecule has 0 amide bonds. The van der Waals surface area contributed by atoms with E-state index in [1.165, 1.54) is 38.6 Å². The van der Waals surface area contributed by atoms with Crippen molar-refractivity contribution in [1.29, 1.82) is 0 Å². The predicted molar refractivity (Wildman–Crippen MR) is 61.8 cm³/mol. The summed E-state index contributed by atoms with van der Waals surface area (Å²) >= 11 is 0. The lowest BCUT2D eigenvalue weighted by atomic mass is 9.85. The van der Waals surface area contributed by atoms with Gasteiger partial charge in [-0.25, -0.2) is 0 Å². The van der Waals surface area contributed by atoms with Gasteiger partial charge in [-0.2, -0.15) is 0 Å². The van der Waals surface area contributed by atoms with Crippen LogP contribution in [-0.4, -0.2) is 43.8 Å². The lowest BCUT2D eigenvalue weighted by molar-refractivity contribution is 0.0564. The molecule has 0 radical (unpaired) electrons. The highest BCUT2D eigenvalue weighted by molar-refractivity contribution is 4.90. The third-order valence-corrected chi connectivity index (χ3v) is 4.16. The normalized spacial score (nSPS) is 34.0. The summed E-state index contributed by atoms with van der Waals surface area (Å²) in [5, 5.41) is 0. The number of rotatable bonds is 4. The van der Waals surface area contributed by atoms with Crippen LogP contribution < -0.4 is 5.73 Å². The van der Waals surface area contributed by atoms with Crippen molar-refractivity contribution in [2.45, 2.75) is 44.2 Å². The summed E-state index contributed by atoms with van der Waals surface area (Å²) in [4.78, 5) is 2.62. The lowest BCUT2D eigenvalue weighted by Crippen LogP contribution is -2.42. The summed E-state index contributed by atoms with van der Waals surface area (Å²) in [5.41, 5.74) is 5.68. The van der Waals surface area contributed by atoms with Crippen LogP contribution in [0.1, 0.15) is 32.1 Å². The van der Waals surface area contributed by atoms with Gasteiger partial charge in [0.15, 0.2) is 0 Å². The van der Waals surface area contributed by atoms with Crippen molar-refractivity contribution in [2.75, 3.05) is 26.7 Å². The first-order chi connectivity index (χ1) is 7.35. The molecule has 2 N–H and O–H groups in total. The maximum atomic E-state index is 5.68. The smallest absolute Gasteiger partial charge is 0.0820 e. The van der Waals surface area contributed by atoms with Crippen LogP contribution >= 0.6 is 0 Å². The number of fused-ring (bicyclic) bond motifs is 1. The number of hydrogen-bond acceptors (Lipinski definition) is 3. The monoisotopic (exact) mass is 212 g/mol. The number of hydrogen-bond donors (Lipinski definition) is 1. The Morgan fingerprint density at radius 2 is 2.13 bits per heavy atom. The zero-order valence-electron chi connectivity index (χ0n) is 9.82. The summed E-state index contributed by atoms with van der Waals surface area (Å²) in [5.74, 6) is 0.967. The Hall–Kier alpha value is -0.120. The van der Waals surface area contributed by atoms with Crippen LogP contribution in [0.25, 0.3) is 0 Å². The zero-order valence-corrected chi connectivity index (χ0v) is 9.82. The number of methoxy groups -OCH3 is 1. The van der Waals surface area contributed by atoms with Crippen LogP contribution in [0.4, 0.5) is 0 Å². The van der Waals surface area contributed by atoms with Crippen LogP contribution in [0.2, 0.25) is 0 Å². The van der Waals surface area contributed by atoms with Gasteiger partial charge in [-0.1, -0.05) is 12.8 Å². The first kappa shape index (κ1) is 11.4. The SMILES string of the molecule is COC(CN)CN1CCC2CCCCC21. The Bertz CT molecular complexity index is 194. The Morgan fingerprint density at radius 3 is 2.87 bits per heavy atom. The minimum atomic E-state index is 0.227. The van der Waals surface area contributed by atoms with Gasteiger partial charge in [-0.05, 0) is 31.7 Å². The second-order valence-corrected chi connectivity index (χ2v) is 4.99. The van der Waals surface area contributed by atoms with Gasteiger partial charge in [-0.15, -0.1) is 0 Å². The molecule has 1 saturated heterocycles. The van der Waals surface area contributed by atoms with Crippen LogP contribution in [0, 0.1) is 5.92 Å². The van der Waals surface area contributed by atoms with E-state index in [0.717, 1.165) is 18.5 Å². The molecule has 1 saturated carbocycles. The van der Waals surface area contributed by atoms with Gasteiger partial charge in [0.2, 0.25) is 0 Å². The molecule has 0 spiro atoms. The molecule has 1 aliphatic carbocycles. The van der Waals surface area contributed by atoms with Gasteiger partial charge in [0.25, 0.3) is 0 Å². The maximum absolute atomic E-state index is 5.68. The topological polar surface area (TPSA) is 38.5 Å². The number of ether oxygens (including phenoxy) is 1. The van der Waals surface area contributed by atoms with E-state index >= 15 is 0 Å². The fraction of sp³-hybridized carbons (Fsp3) is 1.00. The molecule has 3 nitrogen and oxygen atoms in total. The Kier molecular flexibility index (Phi) is 4.00. The summed E-state index contributed by atoms with van der Waals surface area (Å²) in [6.07, 6.45) is 7.32. The average molecular weight is 212 g/mol. The molecular formula is C12H24N2O. The minimum Gasteiger partial charge on any atom is -0.379 e. The highest BCUT2D eigenvalue weighted by atomic mass is 16.5. The molecular weight excluding hydrogens is 188 g/mol. The van der Waals surface area contributed by atoms with E-state index < -0.39 is 0 Å². The molecule has 15 heavy (non-hydrogen) atoms. The highest BCUT2D eigenvalue weighted by Crippen LogP contribution is 2.36. The third-order valence-electron chi connectivity index (χ3n) is 4.16. The van der Waals surface area contributed by atoms with Crippen LogP contribution in [0.5, 0.6) is 0 Å². The first-order valence-corrected chi connectivity index (χ1v) is 6.32. The van der Waals surface area contributed by atoms with Crippen molar-refractivity contribution < 1.29 is 4.74 Å². The van der Waals surface area contributed by atoms with Crippen LogP contribution in [-0.2, 0) is 4.74 Å². The average Bonchev–Trinajstić information content (AvgIpc) is 2.69. The van der Waals surface area contributed by atoms with Crippen molar-refractivity contribution in [3.8, 4) is 0 Å². The molecule has 0 aromatic heterocycles. The van der Waals surface area contributed by atoms with Gasteiger partial charge < -0.3 is 10.5 Å². The fourth-order valence-corrected chi connectivity index (χ4v) is 3.24. The summed E-state index contributed by atoms with van der Waals surface area (Å²) in [6, 6.07) is 0.836. The van der Waals surface area contributed by atoms with Crippen molar-refractivity contribution in [3.63, 3.8) is 0 Å². The Labute approximate surface area is 93.0 Å². The second-order valence-electron chi connectivity index (χ2n) is 4.99. The van der Waals surface area contributed by atoms with Crippen molar-refractivity contribution in [3.05, 3.63) is 0 Å². The molecule has 2 aliphatic rings. The van der Waals surface area contributed by atoms with Crippen molar-refractivity contribution in [2.24, 2.45) is 11.7 Å². The van der Waals surface area contributed by atoms with E-state index in [-0.39, 0.29) is 6.10 Å². The molecule has 2 fully saturated rings. The van der Waals surface area contributed by atoms with Gasteiger partial charge in [0, 0.05) is 26.2 Å². The number of nitrogens with zero attached hydrogens (tertiary/aromatic N) is 1. The molecule has 1 aliphatic heterocycles. The van der Waals surface area contributed by atoms with E-state index in [9.17, 15) is 0 Å². The first-order valence-electron chi connectivity index (χ1n) is 6.32. The van der Waals surface area contributed by atoms with Gasteiger partial charge in [0.1, 0.15) is 0 Å². The molecule has 0 aromatic rings. The molecule has 0 aromatic carbocycles. The van der Waals surface area contributed by atoms with Crippen LogP contribution in [0.15, 0.2) is 0 Å². The number of nitrogens with two attached hydrogens (primary N) is 1. The lowest BCUT2D eigenvalue weighted by Gasteiger charge is -2.33. The molecule has 0 bridgehead atoms. The largest absolute Gasteiger partial charge is 0.379 e. The quantitative estimate of drug-likeness (QED) is 0.761. The zero-order chi connectivity index (χ0) is 10.7. The van der Waals surface area contributed by atoms with Crippen LogP contribution in [0.3, 0.4) is 0 Å². The van der Waals surface area contributed by atoms with Gasteiger partial charge in [-0.3, -0.25) is 4.90 Å². The standard InChI is InChI=1S/C12H24N2O/c1-15-11(8-13)9-14-7-6-10-4-2-3-5-12(10)14/h10-12H,2-9,13H2,1H3. The molecule has 2 rings (SSSR count). The predicted octanol–water partition coefficient (Wildman–Crippen LogP) is 1.22. The summed E-state index contributed by atoms with van der Waals surface area (Å²) < 4.78 is 5.37. The summed E-state index contributed by atoms with van der Waals surface area (Å²) in [7, 11) is 1.77. The van der Waals surface area contributed by atoms with Crippen molar-refractivity contribution in [1.82, 2.24) is 4.90 Å². The molecule has 3 heteroatoms. The highest BCUT2D eigenvalue weighted by Gasteiger charge is 2.36. The molecule has 3 unspecified atom stereocenters. The van der Waals surface area contributed by atoms with E-state index in [1.54, 1.807) is 7.11 Å². The molecule has 1 heterocycles. The Balaban J connectivity index is 1.87. The maximum Gasteiger partial charge on any atom is 0.0820 e. The van der Waals surface area contributed by atoms with E-state index in [2.05, 4.69) is 4.90 Å². The van der Waals surface area contributed by atoms with E-state index in [0.29, 0.717) is 6.54 Å². The Morgan fingerprint density at radius 1 is 1.33 bits per heavy atom. The van der Waals surface area contributed by atoms with E-state index in [4.69, 9.17) is 10.5 Å². The fourth-order valence-electron chi connectivity index (χ4n) is 3.24. The van der Waals surface area contributed by atoms with Gasteiger partial charge >= 0.3 is 0 Å². The summed E-state index contributed by atoms with van der Waals surface area (Å²) in [6.45, 7) is 2.94. The van der Waals surface area contributed by atoms with Crippen molar-refractivity contribution >= 4 is 0 Å².